The van der Waals surface area contributed by atoms with Crippen LogP contribution in [0.25, 0.3) is 0 Å². The van der Waals surface area contributed by atoms with E-state index in [1.54, 1.807) is 0 Å². The minimum absolute atomic E-state index is 0.0950. The molecule has 0 bridgehead atoms. The average molecular weight is 334 g/mol. The van der Waals surface area contributed by atoms with Crippen LogP contribution in [0.3, 0.4) is 0 Å². The van der Waals surface area contributed by atoms with Crippen molar-refractivity contribution in [1.82, 2.24) is 5.32 Å². The Balaban J connectivity index is 1.87. The van der Waals surface area contributed by atoms with Gasteiger partial charge in [-0.15, -0.1) is 0 Å². The molecule has 0 saturated carbocycles. The second kappa shape index (κ2) is 7.01. The van der Waals surface area contributed by atoms with Crippen LogP contribution in [0.2, 0.25) is 0 Å². The Morgan fingerprint density at radius 1 is 1.42 bits per heavy atom. The van der Waals surface area contributed by atoms with E-state index in [4.69, 9.17) is 15.2 Å². The van der Waals surface area contributed by atoms with E-state index in [-0.39, 0.29) is 11.6 Å². The number of rotatable bonds is 4. The fourth-order valence-corrected chi connectivity index (χ4v) is 2.74. The van der Waals surface area contributed by atoms with Crippen molar-refractivity contribution in [2.24, 2.45) is 5.73 Å². The van der Waals surface area contributed by atoms with Crippen LogP contribution in [0.15, 0.2) is 18.2 Å². The van der Waals surface area contributed by atoms with E-state index in [1.165, 1.54) is 5.56 Å². The first-order chi connectivity index (χ1) is 11.0. The van der Waals surface area contributed by atoms with Crippen LogP contribution in [0.5, 0.6) is 5.75 Å². The zero-order chi connectivity index (χ0) is 18.0. The molecule has 1 atom stereocenters. The highest BCUT2D eigenvalue weighted by molar-refractivity contribution is 5.67. The van der Waals surface area contributed by atoms with E-state index in [2.05, 4.69) is 25.2 Å². The Kier molecular flexibility index (Phi) is 5.43. The molecule has 0 aromatic heterocycles. The zero-order valence-corrected chi connectivity index (χ0v) is 15.4. The number of benzene rings is 1. The van der Waals surface area contributed by atoms with Gasteiger partial charge in [0.1, 0.15) is 17.0 Å². The summed E-state index contributed by atoms with van der Waals surface area (Å²) in [5, 5.41) is 2.72. The lowest BCUT2D eigenvalue weighted by molar-refractivity contribution is 0.0524. The van der Waals surface area contributed by atoms with Crippen LogP contribution in [-0.2, 0) is 17.6 Å². The van der Waals surface area contributed by atoms with Crippen molar-refractivity contribution in [1.29, 1.82) is 0 Å². The fraction of sp³-hybridized carbons (Fsp3) is 0.632. The van der Waals surface area contributed by atoms with E-state index in [0.717, 1.165) is 24.2 Å². The summed E-state index contributed by atoms with van der Waals surface area (Å²) < 4.78 is 11.2. The van der Waals surface area contributed by atoms with Crippen LogP contribution in [0.4, 0.5) is 4.79 Å². The lowest BCUT2D eigenvalue weighted by atomic mass is 9.92. The molecule has 3 N–H and O–H groups in total. The molecule has 1 aliphatic heterocycles. The summed E-state index contributed by atoms with van der Waals surface area (Å²) >= 11 is 0. The maximum Gasteiger partial charge on any atom is 0.407 e. The standard InChI is InChI=1S/C19H30N2O3/c1-18(2,3)24-17(22)21-12-15(20)11-13-6-7-16-14(10-13)8-9-19(4,5)23-16/h6-7,10,15H,8-9,11-12,20H2,1-5H3,(H,21,22). The number of carbonyl (C=O) groups is 1. The molecule has 0 fully saturated rings. The minimum atomic E-state index is -0.500. The molecular formula is C19H30N2O3. The lowest BCUT2D eigenvalue weighted by Gasteiger charge is -2.32. The molecule has 1 aromatic rings. The van der Waals surface area contributed by atoms with Gasteiger partial charge in [0.25, 0.3) is 0 Å². The Labute approximate surface area is 144 Å². The van der Waals surface area contributed by atoms with Crippen molar-refractivity contribution in [3.8, 4) is 5.75 Å². The lowest BCUT2D eigenvalue weighted by Crippen LogP contribution is -2.41. The monoisotopic (exact) mass is 334 g/mol. The highest BCUT2D eigenvalue weighted by Crippen LogP contribution is 2.33. The van der Waals surface area contributed by atoms with Gasteiger partial charge in [-0.2, -0.15) is 0 Å². The molecule has 5 heteroatoms. The number of alkyl carbamates (subject to hydrolysis) is 1. The first-order valence-corrected chi connectivity index (χ1v) is 8.57. The first kappa shape index (κ1) is 18.6. The molecule has 1 amide bonds. The molecule has 134 valence electrons. The summed E-state index contributed by atoms with van der Waals surface area (Å²) in [5.74, 6) is 0.968. The van der Waals surface area contributed by atoms with Crippen molar-refractivity contribution < 1.29 is 14.3 Å². The van der Waals surface area contributed by atoms with Crippen molar-refractivity contribution >= 4 is 6.09 Å². The maximum absolute atomic E-state index is 11.7. The number of fused-ring (bicyclic) bond motifs is 1. The highest BCUT2D eigenvalue weighted by atomic mass is 16.6. The van der Waals surface area contributed by atoms with Crippen molar-refractivity contribution in [3.05, 3.63) is 29.3 Å². The van der Waals surface area contributed by atoms with Crippen molar-refractivity contribution in [3.63, 3.8) is 0 Å². The summed E-state index contributed by atoms with van der Waals surface area (Å²) in [5.41, 5.74) is 7.94. The van der Waals surface area contributed by atoms with Gasteiger partial charge in [0.05, 0.1) is 0 Å². The Hall–Kier alpha value is -1.75. The van der Waals surface area contributed by atoms with Crippen LogP contribution in [0, 0.1) is 0 Å². The zero-order valence-electron chi connectivity index (χ0n) is 15.4. The fourth-order valence-electron chi connectivity index (χ4n) is 2.74. The Morgan fingerprint density at radius 2 is 2.12 bits per heavy atom. The molecule has 0 radical (unpaired) electrons. The van der Waals surface area contributed by atoms with E-state index >= 15 is 0 Å². The van der Waals surface area contributed by atoms with Crippen molar-refractivity contribution in [2.45, 2.75) is 71.1 Å². The Morgan fingerprint density at radius 3 is 2.79 bits per heavy atom. The van der Waals surface area contributed by atoms with Gasteiger partial charge in [0, 0.05) is 12.6 Å². The molecule has 5 nitrogen and oxygen atoms in total. The summed E-state index contributed by atoms with van der Waals surface area (Å²) in [6, 6.07) is 6.09. The molecule has 2 rings (SSSR count). The third-order valence-electron chi connectivity index (χ3n) is 3.91. The minimum Gasteiger partial charge on any atom is -0.488 e. The maximum atomic E-state index is 11.7. The molecule has 1 aromatic carbocycles. The first-order valence-electron chi connectivity index (χ1n) is 8.57. The molecule has 0 spiro atoms. The van der Waals surface area contributed by atoms with Crippen LogP contribution < -0.4 is 15.8 Å². The molecule has 1 aliphatic rings. The third kappa shape index (κ3) is 5.71. The van der Waals surface area contributed by atoms with Gasteiger partial charge in [0.2, 0.25) is 0 Å². The smallest absolute Gasteiger partial charge is 0.407 e. The predicted molar refractivity (Wildman–Crippen MR) is 95.4 cm³/mol. The number of ether oxygens (including phenoxy) is 2. The number of hydrogen-bond acceptors (Lipinski definition) is 4. The SMILES string of the molecule is CC(C)(C)OC(=O)NCC(N)Cc1ccc2c(c1)CCC(C)(C)O2. The second-order valence-electron chi connectivity index (χ2n) is 8.15. The van der Waals surface area contributed by atoms with E-state index in [9.17, 15) is 4.79 Å². The predicted octanol–water partition coefficient (Wildman–Crippen LogP) is 3.18. The van der Waals surface area contributed by atoms with Gasteiger partial charge >= 0.3 is 6.09 Å². The summed E-state index contributed by atoms with van der Waals surface area (Å²) in [6.07, 6.45) is 2.29. The number of amides is 1. The molecule has 1 unspecified atom stereocenters. The van der Waals surface area contributed by atoms with Gasteiger partial charge < -0.3 is 20.5 Å². The molecule has 0 aliphatic carbocycles. The van der Waals surface area contributed by atoms with Crippen LogP contribution in [-0.4, -0.2) is 29.9 Å². The normalized spacial score (nSPS) is 17.4. The Bertz CT molecular complexity index is 591. The number of aryl methyl sites for hydroxylation is 1. The average Bonchev–Trinajstić information content (AvgIpc) is 2.43. The molecular weight excluding hydrogens is 304 g/mol. The van der Waals surface area contributed by atoms with Crippen LogP contribution >= 0.6 is 0 Å². The highest BCUT2D eigenvalue weighted by Gasteiger charge is 2.26. The molecule has 24 heavy (non-hydrogen) atoms. The number of hydrogen-bond donors (Lipinski definition) is 2. The van der Waals surface area contributed by atoms with Gasteiger partial charge in [-0.05, 0) is 71.1 Å². The molecule has 1 heterocycles. The van der Waals surface area contributed by atoms with Crippen molar-refractivity contribution in [2.75, 3.05) is 6.54 Å². The summed E-state index contributed by atoms with van der Waals surface area (Å²) in [6.45, 7) is 10.1. The summed E-state index contributed by atoms with van der Waals surface area (Å²) in [4.78, 5) is 11.7. The third-order valence-corrected chi connectivity index (χ3v) is 3.91. The quantitative estimate of drug-likeness (QED) is 0.887. The number of nitrogens with two attached hydrogens (primary N) is 1. The molecule has 0 saturated heterocycles. The van der Waals surface area contributed by atoms with Gasteiger partial charge in [-0.25, -0.2) is 4.79 Å². The summed E-state index contributed by atoms with van der Waals surface area (Å²) in [7, 11) is 0. The van der Waals surface area contributed by atoms with Gasteiger partial charge in [-0.3, -0.25) is 0 Å². The van der Waals surface area contributed by atoms with E-state index < -0.39 is 11.7 Å². The van der Waals surface area contributed by atoms with E-state index in [0.29, 0.717) is 13.0 Å². The van der Waals surface area contributed by atoms with Crippen LogP contribution in [0.1, 0.15) is 52.2 Å². The number of carbonyl (C=O) groups excluding carboxylic acids is 1. The van der Waals surface area contributed by atoms with Gasteiger partial charge in [0.15, 0.2) is 0 Å². The largest absolute Gasteiger partial charge is 0.488 e. The van der Waals surface area contributed by atoms with E-state index in [1.807, 2.05) is 32.9 Å². The van der Waals surface area contributed by atoms with Gasteiger partial charge in [-0.1, -0.05) is 12.1 Å². The second-order valence-corrected chi connectivity index (χ2v) is 8.15. The number of nitrogens with one attached hydrogen (secondary N) is 1. The topological polar surface area (TPSA) is 73.6 Å².